The van der Waals surface area contributed by atoms with Crippen molar-refractivity contribution in [2.75, 3.05) is 19.0 Å². The van der Waals surface area contributed by atoms with Crippen LogP contribution >= 0.6 is 0 Å². The first-order chi connectivity index (χ1) is 16.1. The molecular weight excluding hydrogens is 424 g/mol. The van der Waals surface area contributed by atoms with Crippen LogP contribution in [0.3, 0.4) is 0 Å². The van der Waals surface area contributed by atoms with Crippen molar-refractivity contribution in [2.24, 2.45) is 0 Å². The molecular formula is C25H24N2O6. The molecule has 1 aromatic heterocycles. The van der Waals surface area contributed by atoms with E-state index in [0.717, 1.165) is 0 Å². The first-order valence-corrected chi connectivity index (χ1v) is 10.6. The molecule has 2 atom stereocenters. The highest BCUT2D eigenvalue weighted by atomic mass is 16.6. The number of rotatable bonds is 7. The summed E-state index contributed by atoms with van der Waals surface area (Å²) in [6.07, 6.45) is 1.33. The van der Waals surface area contributed by atoms with Gasteiger partial charge in [0.25, 0.3) is 11.8 Å². The van der Waals surface area contributed by atoms with Gasteiger partial charge in [-0.05, 0) is 49.2 Å². The molecule has 33 heavy (non-hydrogen) atoms. The quantitative estimate of drug-likeness (QED) is 0.552. The van der Waals surface area contributed by atoms with Gasteiger partial charge in [0.05, 0.1) is 13.4 Å². The van der Waals surface area contributed by atoms with Crippen LogP contribution in [0.4, 0.5) is 5.69 Å². The molecule has 2 unspecified atom stereocenters. The normalized spacial score (nSPS) is 16.2. The number of carbonyl (C=O) groups excluding carboxylic acids is 3. The van der Waals surface area contributed by atoms with Crippen LogP contribution in [0.1, 0.15) is 35.1 Å². The summed E-state index contributed by atoms with van der Waals surface area (Å²) in [4.78, 5) is 40.4. The average Bonchev–Trinajstić information content (AvgIpc) is 3.56. The number of esters is 1. The van der Waals surface area contributed by atoms with Crippen LogP contribution in [-0.4, -0.2) is 42.4 Å². The van der Waals surface area contributed by atoms with E-state index in [-0.39, 0.29) is 11.7 Å². The fraction of sp³-hybridized carbons (Fsp3) is 0.240. The number of amides is 2. The topological polar surface area (TPSA) is 98.1 Å². The third-order valence-corrected chi connectivity index (χ3v) is 5.45. The highest BCUT2D eigenvalue weighted by molar-refractivity contribution is 5.98. The van der Waals surface area contributed by atoms with Crippen molar-refractivity contribution in [1.29, 1.82) is 0 Å². The lowest BCUT2D eigenvalue weighted by Gasteiger charge is -2.25. The van der Waals surface area contributed by atoms with Gasteiger partial charge in [0.1, 0.15) is 11.8 Å². The number of hydrogen-bond acceptors (Lipinski definition) is 6. The van der Waals surface area contributed by atoms with E-state index < -0.39 is 24.0 Å². The molecule has 1 saturated heterocycles. The molecule has 2 heterocycles. The number of hydrogen-bond donors (Lipinski definition) is 1. The van der Waals surface area contributed by atoms with E-state index in [0.29, 0.717) is 36.4 Å². The molecule has 1 fully saturated rings. The molecule has 8 nitrogen and oxygen atoms in total. The number of nitrogens with zero attached hydrogens (tertiary/aromatic N) is 1. The molecule has 0 spiro atoms. The van der Waals surface area contributed by atoms with Gasteiger partial charge in [-0.3, -0.25) is 9.59 Å². The summed E-state index contributed by atoms with van der Waals surface area (Å²) < 4.78 is 16.0. The Hall–Kier alpha value is -4.07. The predicted molar refractivity (Wildman–Crippen MR) is 120 cm³/mol. The van der Waals surface area contributed by atoms with Gasteiger partial charge in [-0.1, -0.05) is 30.3 Å². The number of nitrogens with one attached hydrogen (secondary N) is 1. The van der Waals surface area contributed by atoms with Crippen molar-refractivity contribution in [3.8, 4) is 5.75 Å². The molecule has 1 aliphatic rings. The predicted octanol–water partition coefficient (Wildman–Crippen LogP) is 3.82. The number of likely N-dealkylation sites (tertiary alicyclic amines) is 1. The summed E-state index contributed by atoms with van der Waals surface area (Å²) in [7, 11) is 1.56. The standard InChI is InChI=1S/C25H24N2O6/c1-31-19-13-11-18(12-14-19)26-23(28)22(17-7-3-2-4-8-17)33-25(30)20-9-5-15-27(20)24(29)21-10-6-16-32-21/h2-4,6-8,10-14,16,20,22H,5,9,15H2,1H3,(H,26,28). The van der Waals surface area contributed by atoms with Gasteiger partial charge in [0.15, 0.2) is 5.76 Å². The summed E-state index contributed by atoms with van der Waals surface area (Å²) in [5.74, 6) is -0.695. The van der Waals surface area contributed by atoms with E-state index in [4.69, 9.17) is 13.9 Å². The van der Waals surface area contributed by atoms with Crippen LogP contribution in [0.2, 0.25) is 0 Å². The Morgan fingerprint density at radius 1 is 1.03 bits per heavy atom. The second-order valence-corrected chi connectivity index (χ2v) is 7.58. The summed E-state index contributed by atoms with van der Waals surface area (Å²) in [5, 5.41) is 2.78. The molecule has 3 aromatic rings. The third kappa shape index (κ3) is 5.06. The Morgan fingerprint density at radius 2 is 1.79 bits per heavy atom. The third-order valence-electron chi connectivity index (χ3n) is 5.45. The Balaban J connectivity index is 1.51. The number of ether oxygens (including phenoxy) is 2. The Morgan fingerprint density at radius 3 is 2.45 bits per heavy atom. The molecule has 0 radical (unpaired) electrons. The van der Waals surface area contributed by atoms with Crippen molar-refractivity contribution in [3.05, 3.63) is 84.3 Å². The van der Waals surface area contributed by atoms with Crippen molar-refractivity contribution in [2.45, 2.75) is 25.0 Å². The molecule has 1 N–H and O–H groups in total. The van der Waals surface area contributed by atoms with Gasteiger partial charge in [-0.2, -0.15) is 0 Å². The summed E-state index contributed by atoms with van der Waals surface area (Å²) in [5.41, 5.74) is 1.06. The van der Waals surface area contributed by atoms with E-state index in [2.05, 4.69) is 5.32 Å². The maximum atomic E-state index is 13.1. The van der Waals surface area contributed by atoms with Crippen LogP contribution in [0, 0.1) is 0 Å². The number of benzene rings is 2. The lowest BCUT2D eigenvalue weighted by atomic mass is 10.1. The van der Waals surface area contributed by atoms with Crippen LogP contribution in [-0.2, 0) is 14.3 Å². The molecule has 2 aromatic carbocycles. The number of furan rings is 1. The van der Waals surface area contributed by atoms with Gasteiger partial charge in [0, 0.05) is 17.8 Å². The fourth-order valence-electron chi connectivity index (χ4n) is 3.77. The zero-order valence-corrected chi connectivity index (χ0v) is 18.1. The summed E-state index contributed by atoms with van der Waals surface area (Å²) in [6, 6.07) is 18.0. The number of anilines is 1. The van der Waals surface area contributed by atoms with Crippen LogP contribution in [0.25, 0.3) is 0 Å². The monoisotopic (exact) mass is 448 g/mol. The molecule has 4 rings (SSSR count). The van der Waals surface area contributed by atoms with Crippen molar-refractivity contribution in [1.82, 2.24) is 4.90 Å². The largest absolute Gasteiger partial charge is 0.497 e. The minimum Gasteiger partial charge on any atom is -0.497 e. The van der Waals surface area contributed by atoms with Crippen molar-refractivity contribution < 1.29 is 28.3 Å². The van der Waals surface area contributed by atoms with Gasteiger partial charge in [-0.15, -0.1) is 0 Å². The van der Waals surface area contributed by atoms with Crippen molar-refractivity contribution >= 4 is 23.5 Å². The smallest absolute Gasteiger partial charge is 0.329 e. The van der Waals surface area contributed by atoms with E-state index in [9.17, 15) is 14.4 Å². The van der Waals surface area contributed by atoms with Crippen LogP contribution < -0.4 is 10.1 Å². The van der Waals surface area contributed by atoms with E-state index in [1.165, 1.54) is 11.2 Å². The van der Waals surface area contributed by atoms with E-state index in [1.54, 1.807) is 67.8 Å². The molecule has 0 saturated carbocycles. The first-order valence-electron chi connectivity index (χ1n) is 10.6. The second kappa shape index (κ2) is 10.0. The van der Waals surface area contributed by atoms with Crippen molar-refractivity contribution in [3.63, 3.8) is 0 Å². The van der Waals surface area contributed by atoms with E-state index >= 15 is 0 Å². The minimum atomic E-state index is -1.18. The van der Waals surface area contributed by atoms with Gasteiger partial charge in [0.2, 0.25) is 6.10 Å². The van der Waals surface area contributed by atoms with E-state index in [1.807, 2.05) is 6.07 Å². The summed E-state index contributed by atoms with van der Waals surface area (Å²) in [6.45, 7) is 0.410. The maximum absolute atomic E-state index is 13.1. The Bertz CT molecular complexity index is 1100. The van der Waals surface area contributed by atoms with Gasteiger partial charge in [-0.25, -0.2) is 4.79 Å². The molecule has 2 amide bonds. The lowest BCUT2D eigenvalue weighted by molar-refractivity contribution is -0.158. The summed E-state index contributed by atoms with van der Waals surface area (Å²) >= 11 is 0. The zero-order chi connectivity index (χ0) is 23.2. The maximum Gasteiger partial charge on any atom is 0.329 e. The molecule has 0 bridgehead atoms. The first kappa shape index (κ1) is 22.1. The molecule has 1 aliphatic heterocycles. The lowest BCUT2D eigenvalue weighted by Crippen LogP contribution is -2.42. The highest BCUT2D eigenvalue weighted by Crippen LogP contribution is 2.26. The fourth-order valence-corrected chi connectivity index (χ4v) is 3.77. The molecule has 0 aliphatic carbocycles. The van der Waals surface area contributed by atoms with Crippen LogP contribution in [0.5, 0.6) is 5.75 Å². The highest BCUT2D eigenvalue weighted by Gasteiger charge is 2.38. The zero-order valence-electron chi connectivity index (χ0n) is 18.1. The molecule has 8 heteroatoms. The van der Waals surface area contributed by atoms with Gasteiger partial charge < -0.3 is 24.1 Å². The van der Waals surface area contributed by atoms with Crippen LogP contribution in [0.15, 0.2) is 77.4 Å². The Labute approximate surface area is 191 Å². The van der Waals surface area contributed by atoms with Gasteiger partial charge >= 0.3 is 5.97 Å². The number of methoxy groups -OCH3 is 1. The minimum absolute atomic E-state index is 0.159. The number of carbonyl (C=O) groups is 3. The SMILES string of the molecule is COc1ccc(NC(=O)C(OC(=O)C2CCCN2C(=O)c2ccco2)c2ccccc2)cc1. The molecule has 170 valence electrons. The average molecular weight is 448 g/mol. The Kier molecular flexibility index (Phi) is 6.73. The second-order valence-electron chi connectivity index (χ2n) is 7.58.